The number of fused-ring (bicyclic) bond motifs is 1. The molecule has 18 heavy (non-hydrogen) atoms. The van der Waals surface area contributed by atoms with Crippen LogP contribution in [0.1, 0.15) is 24.8 Å². The van der Waals surface area contributed by atoms with Crippen LogP contribution in [0.3, 0.4) is 0 Å². The molecule has 0 atom stereocenters. The minimum atomic E-state index is -0.820. The third-order valence-corrected chi connectivity index (χ3v) is 3.90. The number of ether oxygens (including phenoxy) is 2. The Labute approximate surface area is 109 Å². The van der Waals surface area contributed by atoms with E-state index < -0.39 is 11.4 Å². The van der Waals surface area contributed by atoms with E-state index in [4.69, 9.17) is 21.1 Å². The smallest absolute Gasteiger partial charge is 0.314 e. The fourth-order valence-electron chi connectivity index (χ4n) is 2.29. The Morgan fingerprint density at radius 3 is 2.67 bits per heavy atom. The summed E-state index contributed by atoms with van der Waals surface area (Å²) in [4.78, 5) is 11.3. The van der Waals surface area contributed by atoms with E-state index >= 15 is 0 Å². The fraction of sp³-hybridized carbons (Fsp3) is 0.462. The summed E-state index contributed by atoms with van der Waals surface area (Å²) in [6, 6.07) is 3.50. The molecule has 1 aliphatic carbocycles. The zero-order valence-electron chi connectivity index (χ0n) is 9.74. The van der Waals surface area contributed by atoms with Crippen molar-refractivity contribution in [2.75, 3.05) is 13.2 Å². The van der Waals surface area contributed by atoms with Crippen LogP contribution in [0.25, 0.3) is 0 Å². The fourth-order valence-corrected chi connectivity index (χ4v) is 2.69. The van der Waals surface area contributed by atoms with Gasteiger partial charge in [-0.25, -0.2) is 0 Å². The summed E-state index contributed by atoms with van der Waals surface area (Å²) >= 11 is 6.30. The van der Waals surface area contributed by atoms with Crippen LogP contribution in [-0.4, -0.2) is 24.3 Å². The molecule has 1 aromatic rings. The van der Waals surface area contributed by atoms with Crippen LogP contribution in [-0.2, 0) is 10.2 Å². The van der Waals surface area contributed by atoms with Crippen molar-refractivity contribution in [1.82, 2.24) is 0 Å². The highest BCUT2D eigenvalue weighted by molar-refractivity contribution is 6.33. The molecule has 2 aliphatic rings. The second kappa shape index (κ2) is 4.05. The maximum absolute atomic E-state index is 11.3. The first kappa shape index (κ1) is 11.7. The molecule has 0 spiro atoms. The zero-order valence-corrected chi connectivity index (χ0v) is 10.5. The van der Waals surface area contributed by atoms with Crippen molar-refractivity contribution >= 4 is 17.6 Å². The molecule has 0 bridgehead atoms. The summed E-state index contributed by atoms with van der Waals surface area (Å²) < 4.78 is 11.1. The van der Waals surface area contributed by atoms with Crippen molar-refractivity contribution in [1.29, 1.82) is 0 Å². The lowest BCUT2D eigenvalue weighted by atomic mass is 9.95. The Hall–Kier alpha value is -1.42. The molecule has 1 aromatic carbocycles. The minimum absolute atomic E-state index is 0.384. The van der Waals surface area contributed by atoms with Crippen molar-refractivity contribution in [3.05, 3.63) is 22.7 Å². The predicted molar refractivity (Wildman–Crippen MR) is 65.6 cm³/mol. The number of benzene rings is 1. The lowest BCUT2D eigenvalue weighted by Gasteiger charge is -2.16. The highest BCUT2D eigenvalue weighted by Gasteiger charge is 2.53. The molecule has 1 fully saturated rings. The Balaban J connectivity index is 2.08. The van der Waals surface area contributed by atoms with Crippen molar-refractivity contribution in [3.63, 3.8) is 0 Å². The van der Waals surface area contributed by atoms with Crippen molar-refractivity contribution in [2.24, 2.45) is 0 Å². The number of rotatable bonds is 2. The maximum Gasteiger partial charge on any atom is 0.314 e. The third kappa shape index (κ3) is 1.63. The van der Waals surface area contributed by atoms with Gasteiger partial charge in [-0.1, -0.05) is 17.7 Å². The first-order valence-electron chi connectivity index (χ1n) is 5.97. The molecule has 1 N–H and O–H groups in total. The third-order valence-electron chi connectivity index (χ3n) is 3.53. The van der Waals surface area contributed by atoms with E-state index in [1.54, 1.807) is 12.1 Å². The van der Waals surface area contributed by atoms with E-state index in [1.807, 2.05) is 0 Å². The Morgan fingerprint density at radius 1 is 1.28 bits per heavy atom. The number of aliphatic carboxylic acids is 1. The van der Waals surface area contributed by atoms with Gasteiger partial charge in [-0.3, -0.25) is 4.79 Å². The van der Waals surface area contributed by atoms with E-state index in [0.717, 1.165) is 6.42 Å². The first-order chi connectivity index (χ1) is 8.65. The molecule has 0 saturated heterocycles. The van der Waals surface area contributed by atoms with Gasteiger partial charge in [0.25, 0.3) is 0 Å². The van der Waals surface area contributed by atoms with Gasteiger partial charge >= 0.3 is 5.97 Å². The number of carboxylic acid groups (broad SMARTS) is 1. The van der Waals surface area contributed by atoms with Gasteiger partial charge in [-0.2, -0.15) is 0 Å². The van der Waals surface area contributed by atoms with E-state index in [1.165, 1.54) is 0 Å². The molecule has 0 aromatic heterocycles. The summed E-state index contributed by atoms with van der Waals surface area (Å²) in [6.45, 7) is 1.13. The first-order valence-corrected chi connectivity index (χ1v) is 6.35. The minimum Gasteiger partial charge on any atom is -0.490 e. The Kier molecular flexibility index (Phi) is 2.63. The van der Waals surface area contributed by atoms with Gasteiger partial charge in [-0.15, -0.1) is 0 Å². The molecule has 0 radical (unpaired) electrons. The Morgan fingerprint density at radius 2 is 2.00 bits per heavy atom. The molecule has 96 valence electrons. The normalized spacial score (nSPS) is 20.1. The number of halogens is 1. The number of carbonyl (C=O) groups is 1. The van der Waals surface area contributed by atoms with Gasteiger partial charge in [0.15, 0.2) is 11.5 Å². The molecule has 5 heteroatoms. The van der Waals surface area contributed by atoms with E-state index in [-0.39, 0.29) is 0 Å². The second-order valence-corrected chi connectivity index (χ2v) is 5.07. The van der Waals surface area contributed by atoms with Gasteiger partial charge in [-0.05, 0) is 24.5 Å². The van der Waals surface area contributed by atoms with Gasteiger partial charge in [0.05, 0.1) is 23.7 Å². The van der Waals surface area contributed by atoms with Crippen molar-refractivity contribution in [3.8, 4) is 11.5 Å². The second-order valence-electron chi connectivity index (χ2n) is 4.69. The van der Waals surface area contributed by atoms with Gasteiger partial charge in [0.2, 0.25) is 0 Å². The lowest BCUT2D eigenvalue weighted by molar-refractivity contribution is -0.140. The molecule has 0 unspecified atom stereocenters. The van der Waals surface area contributed by atoms with Crippen LogP contribution in [0.15, 0.2) is 12.1 Å². The van der Waals surface area contributed by atoms with E-state index in [0.29, 0.717) is 48.1 Å². The number of carboxylic acids is 1. The van der Waals surface area contributed by atoms with Crippen molar-refractivity contribution < 1.29 is 19.4 Å². The highest BCUT2D eigenvalue weighted by Crippen LogP contribution is 2.54. The van der Waals surface area contributed by atoms with Crippen LogP contribution in [0, 0.1) is 0 Å². The molecule has 1 saturated carbocycles. The van der Waals surface area contributed by atoms with Crippen LogP contribution >= 0.6 is 11.6 Å². The summed E-state index contributed by atoms with van der Waals surface area (Å²) in [5, 5.41) is 9.69. The Bertz CT molecular complexity index is 508. The van der Waals surface area contributed by atoms with Crippen molar-refractivity contribution in [2.45, 2.75) is 24.7 Å². The quantitative estimate of drug-likeness (QED) is 0.896. The van der Waals surface area contributed by atoms with E-state index in [9.17, 15) is 9.90 Å². The van der Waals surface area contributed by atoms with Gasteiger partial charge in [0, 0.05) is 6.42 Å². The zero-order chi connectivity index (χ0) is 12.8. The van der Waals surface area contributed by atoms with Gasteiger partial charge in [0.1, 0.15) is 0 Å². The lowest BCUT2D eigenvalue weighted by Crippen LogP contribution is -2.20. The molecular formula is C13H13ClO4. The summed E-state index contributed by atoms with van der Waals surface area (Å²) in [6.07, 6.45) is 2.05. The highest BCUT2D eigenvalue weighted by atomic mass is 35.5. The maximum atomic E-state index is 11.3. The monoisotopic (exact) mass is 268 g/mol. The van der Waals surface area contributed by atoms with Crippen LogP contribution in [0.4, 0.5) is 0 Å². The average Bonchev–Trinajstić information content (AvgIpc) is 3.13. The summed E-state index contributed by atoms with van der Waals surface area (Å²) in [5.41, 5.74) is -0.178. The molecular weight excluding hydrogens is 256 g/mol. The standard InChI is InChI=1S/C13H13ClO4/c14-10-8(13(4-5-13)12(15)16)2-3-9-11(10)18-7-1-6-17-9/h2-3H,1,4-7H2,(H,15,16). The van der Waals surface area contributed by atoms with Crippen LogP contribution in [0.5, 0.6) is 11.5 Å². The molecule has 1 heterocycles. The van der Waals surface area contributed by atoms with Crippen LogP contribution in [0.2, 0.25) is 5.02 Å². The van der Waals surface area contributed by atoms with E-state index in [2.05, 4.69) is 0 Å². The topological polar surface area (TPSA) is 55.8 Å². The molecule has 3 rings (SSSR count). The molecule has 4 nitrogen and oxygen atoms in total. The predicted octanol–water partition coefficient (Wildman–Crippen LogP) is 2.62. The largest absolute Gasteiger partial charge is 0.490 e. The van der Waals surface area contributed by atoms with Crippen LogP contribution < -0.4 is 9.47 Å². The number of hydrogen-bond acceptors (Lipinski definition) is 3. The van der Waals surface area contributed by atoms with Gasteiger partial charge < -0.3 is 14.6 Å². The number of hydrogen-bond donors (Lipinski definition) is 1. The summed E-state index contributed by atoms with van der Waals surface area (Å²) in [5.74, 6) is 0.264. The average molecular weight is 269 g/mol. The summed E-state index contributed by atoms with van der Waals surface area (Å²) in [7, 11) is 0. The molecule has 1 aliphatic heterocycles. The SMILES string of the molecule is O=C(O)C1(c2ccc3c(c2Cl)OCCCO3)CC1. The molecule has 0 amide bonds.